The summed E-state index contributed by atoms with van der Waals surface area (Å²) in [5, 5.41) is 0. The molecule has 2 atom stereocenters. The molecule has 2 aromatic carbocycles. The number of esters is 1. The molecule has 1 fully saturated rings. The summed E-state index contributed by atoms with van der Waals surface area (Å²) < 4.78 is 49.5. The summed E-state index contributed by atoms with van der Waals surface area (Å²) in [6.07, 6.45) is -3.24. The van der Waals surface area contributed by atoms with Gasteiger partial charge in [-0.1, -0.05) is 50.3 Å². The molecule has 1 aliphatic carbocycles. The van der Waals surface area contributed by atoms with Gasteiger partial charge in [0, 0.05) is 5.57 Å². The Bertz CT molecular complexity index is 901. The molecular formula is C23H23F3O3. The molecule has 3 rings (SSSR count). The summed E-state index contributed by atoms with van der Waals surface area (Å²) in [5.41, 5.74) is -0.498. The molecule has 154 valence electrons. The van der Waals surface area contributed by atoms with E-state index >= 15 is 0 Å². The first-order valence-electron chi connectivity index (χ1n) is 9.33. The van der Waals surface area contributed by atoms with E-state index in [-0.39, 0.29) is 6.61 Å². The van der Waals surface area contributed by atoms with Crippen LogP contribution in [0.3, 0.4) is 0 Å². The maximum Gasteiger partial charge on any atom is 0.412 e. The topological polar surface area (TPSA) is 35.5 Å². The lowest BCUT2D eigenvalue weighted by Crippen LogP contribution is -2.11. The van der Waals surface area contributed by atoms with Crippen molar-refractivity contribution in [3.63, 3.8) is 0 Å². The molecule has 0 unspecified atom stereocenters. The van der Waals surface area contributed by atoms with Gasteiger partial charge in [-0.05, 0) is 48.1 Å². The summed E-state index contributed by atoms with van der Waals surface area (Å²) in [5.74, 6) is -0.248. The highest BCUT2D eigenvalue weighted by molar-refractivity contribution is 5.78. The molecule has 3 nitrogen and oxygen atoms in total. The van der Waals surface area contributed by atoms with E-state index in [0.29, 0.717) is 11.5 Å². The average Bonchev–Trinajstić information content (AvgIpc) is 3.20. The highest BCUT2D eigenvalue weighted by atomic mass is 19.4. The van der Waals surface area contributed by atoms with E-state index in [1.807, 2.05) is 30.3 Å². The molecule has 1 aliphatic rings. The van der Waals surface area contributed by atoms with Crippen molar-refractivity contribution in [1.29, 1.82) is 0 Å². The van der Waals surface area contributed by atoms with Crippen molar-refractivity contribution in [2.24, 2.45) is 17.3 Å². The average molecular weight is 404 g/mol. The number of hydrogen-bond donors (Lipinski definition) is 0. The monoisotopic (exact) mass is 404 g/mol. The Morgan fingerprint density at radius 3 is 2.38 bits per heavy atom. The number of hydrogen-bond acceptors (Lipinski definition) is 3. The van der Waals surface area contributed by atoms with E-state index in [2.05, 4.69) is 0 Å². The quantitative estimate of drug-likeness (QED) is 0.418. The van der Waals surface area contributed by atoms with Crippen molar-refractivity contribution in [2.75, 3.05) is 0 Å². The molecule has 6 heteroatoms. The van der Waals surface area contributed by atoms with Crippen LogP contribution in [0.4, 0.5) is 13.2 Å². The minimum absolute atomic E-state index is 0.0338. The lowest BCUT2D eigenvalue weighted by atomic mass is 10.1. The van der Waals surface area contributed by atoms with E-state index in [1.54, 1.807) is 38.1 Å². The van der Waals surface area contributed by atoms with Crippen molar-refractivity contribution >= 4 is 5.97 Å². The highest BCUT2D eigenvalue weighted by Gasteiger charge is 2.62. The normalized spacial score (nSPS) is 20.8. The summed E-state index contributed by atoms with van der Waals surface area (Å²) in [7, 11) is 0. The van der Waals surface area contributed by atoms with Crippen molar-refractivity contribution in [3.05, 3.63) is 71.8 Å². The van der Waals surface area contributed by atoms with Crippen LogP contribution in [-0.4, -0.2) is 12.1 Å². The lowest BCUT2D eigenvalue weighted by molar-refractivity contribution is -0.147. The third kappa shape index (κ3) is 5.00. The summed E-state index contributed by atoms with van der Waals surface area (Å²) in [6.45, 7) is 4.61. The van der Waals surface area contributed by atoms with Gasteiger partial charge in [-0.25, -0.2) is 0 Å². The van der Waals surface area contributed by atoms with Crippen molar-refractivity contribution in [3.8, 4) is 11.5 Å². The minimum Gasteiger partial charge on any atom is -0.461 e. The van der Waals surface area contributed by atoms with Crippen LogP contribution in [0.25, 0.3) is 0 Å². The standard InChI is InChI=1S/C23H23F3O3/c1-15(23(24,25)26)12-19-20(22(19,2)3)21(27)28-14-16-8-7-11-18(13-16)29-17-9-5-4-6-10-17/h4-13,19-20H,14H2,1-3H3/b15-12+/t19-,20-/m0/s1. The molecule has 2 aromatic rings. The molecule has 0 aliphatic heterocycles. The van der Waals surface area contributed by atoms with Crippen LogP contribution in [0, 0.1) is 17.3 Å². The molecule has 1 saturated carbocycles. The molecule has 29 heavy (non-hydrogen) atoms. The van der Waals surface area contributed by atoms with Gasteiger partial charge in [-0.15, -0.1) is 0 Å². The second kappa shape index (κ2) is 7.93. The maximum absolute atomic E-state index is 12.8. The molecule has 0 heterocycles. The molecule has 0 spiro atoms. The number of ether oxygens (including phenoxy) is 2. The molecule has 0 saturated heterocycles. The van der Waals surface area contributed by atoms with E-state index in [0.717, 1.165) is 18.6 Å². The number of halogens is 3. The van der Waals surface area contributed by atoms with Gasteiger partial charge in [0.15, 0.2) is 0 Å². The zero-order chi connectivity index (χ0) is 21.2. The Kier molecular flexibility index (Phi) is 5.73. The largest absolute Gasteiger partial charge is 0.461 e. The maximum atomic E-state index is 12.8. The van der Waals surface area contributed by atoms with Crippen LogP contribution in [-0.2, 0) is 16.1 Å². The molecule has 0 radical (unpaired) electrons. The van der Waals surface area contributed by atoms with Crippen molar-refractivity contribution in [1.82, 2.24) is 0 Å². The third-order valence-corrected chi connectivity index (χ3v) is 5.30. The van der Waals surface area contributed by atoms with Gasteiger partial charge in [-0.2, -0.15) is 13.2 Å². The van der Waals surface area contributed by atoms with E-state index in [4.69, 9.17) is 9.47 Å². The molecule has 0 N–H and O–H groups in total. The number of rotatable bonds is 6. The first-order valence-corrected chi connectivity index (χ1v) is 9.33. The fourth-order valence-electron chi connectivity index (χ4n) is 3.37. The van der Waals surface area contributed by atoms with Crippen LogP contribution in [0.5, 0.6) is 11.5 Å². The summed E-state index contributed by atoms with van der Waals surface area (Å²) in [4.78, 5) is 12.4. The van der Waals surface area contributed by atoms with Gasteiger partial charge in [-0.3, -0.25) is 4.79 Å². The summed E-state index contributed by atoms with van der Waals surface area (Å²) >= 11 is 0. The zero-order valence-electron chi connectivity index (χ0n) is 16.5. The number of carbonyl (C=O) groups excluding carboxylic acids is 1. The van der Waals surface area contributed by atoms with Crippen molar-refractivity contribution in [2.45, 2.75) is 33.6 Å². The summed E-state index contributed by atoms with van der Waals surface area (Å²) in [6, 6.07) is 16.4. The van der Waals surface area contributed by atoms with Crippen LogP contribution < -0.4 is 4.74 Å². The molecule has 0 bridgehead atoms. The Morgan fingerprint density at radius 1 is 1.07 bits per heavy atom. The SMILES string of the molecule is C/C(=C\[C@H]1[C@@H](C(=O)OCc2cccc(Oc3ccccc3)c2)C1(C)C)C(F)(F)F. The van der Waals surface area contributed by atoms with Crippen LogP contribution >= 0.6 is 0 Å². The first kappa shape index (κ1) is 21.0. The fraction of sp³-hybridized carbons (Fsp3) is 0.348. The van der Waals surface area contributed by atoms with Crippen LogP contribution in [0.15, 0.2) is 66.2 Å². The number of benzene rings is 2. The van der Waals surface area contributed by atoms with Gasteiger partial charge in [0.25, 0.3) is 0 Å². The van der Waals surface area contributed by atoms with E-state index in [9.17, 15) is 18.0 Å². The van der Waals surface area contributed by atoms with Gasteiger partial charge in [0.1, 0.15) is 18.1 Å². The van der Waals surface area contributed by atoms with Crippen LogP contribution in [0.1, 0.15) is 26.3 Å². The second-order valence-corrected chi connectivity index (χ2v) is 7.84. The predicted octanol–water partition coefficient (Wildman–Crippen LogP) is 6.30. The Balaban J connectivity index is 1.60. The zero-order valence-corrected chi connectivity index (χ0v) is 16.5. The molecule has 0 aromatic heterocycles. The second-order valence-electron chi connectivity index (χ2n) is 7.84. The lowest BCUT2D eigenvalue weighted by Gasteiger charge is -2.09. The van der Waals surface area contributed by atoms with Gasteiger partial charge in [0.2, 0.25) is 0 Å². The van der Waals surface area contributed by atoms with Crippen LogP contribution in [0.2, 0.25) is 0 Å². The fourth-order valence-corrected chi connectivity index (χ4v) is 3.37. The minimum atomic E-state index is -4.38. The van der Waals surface area contributed by atoms with E-state index in [1.165, 1.54) is 0 Å². The van der Waals surface area contributed by atoms with Gasteiger partial charge >= 0.3 is 12.1 Å². The number of alkyl halides is 3. The smallest absolute Gasteiger partial charge is 0.412 e. The highest BCUT2D eigenvalue weighted by Crippen LogP contribution is 2.60. The van der Waals surface area contributed by atoms with Gasteiger partial charge in [0.05, 0.1) is 5.92 Å². The molecular weight excluding hydrogens is 381 g/mol. The Hall–Kier alpha value is -2.76. The van der Waals surface area contributed by atoms with E-state index < -0.39 is 35.0 Å². The predicted molar refractivity (Wildman–Crippen MR) is 103 cm³/mol. The third-order valence-electron chi connectivity index (χ3n) is 5.30. The number of carbonyl (C=O) groups is 1. The Morgan fingerprint density at radius 2 is 1.72 bits per heavy atom. The van der Waals surface area contributed by atoms with Gasteiger partial charge < -0.3 is 9.47 Å². The van der Waals surface area contributed by atoms with Crippen molar-refractivity contribution < 1.29 is 27.4 Å². The number of allylic oxidation sites excluding steroid dienone is 2. The molecule has 0 amide bonds. The Labute approximate surface area is 168 Å². The first-order chi connectivity index (χ1) is 13.6. The number of para-hydroxylation sites is 1.